The van der Waals surface area contributed by atoms with Gasteiger partial charge in [0.2, 0.25) is 23.6 Å². The van der Waals surface area contributed by atoms with Gasteiger partial charge in [-0.05, 0) is 42.4 Å². The Labute approximate surface area is 216 Å². The Kier molecular flexibility index (Phi) is 12.5. The van der Waals surface area contributed by atoms with E-state index in [-0.39, 0.29) is 30.4 Å². The Morgan fingerprint density at radius 3 is 1.76 bits per heavy atom. The van der Waals surface area contributed by atoms with Crippen LogP contribution in [0.1, 0.15) is 52.5 Å². The molecular formula is C25H39N5O7. The maximum Gasteiger partial charge on any atom is 0.326 e. The topological polar surface area (TPSA) is 214 Å². The van der Waals surface area contributed by atoms with Crippen LogP contribution >= 0.6 is 0 Å². The largest absolute Gasteiger partial charge is 0.508 e. The Morgan fingerprint density at radius 2 is 1.27 bits per heavy atom. The third-order valence-electron chi connectivity index (χ3n) is 5.43. The second kappa shape index (κ2) is 14.8. The zero-order valence-corrected chi connectivity index (χ0v) is 21.7. The van der Waals surface area contributed by atoms with Crippen LogP contribution in [0, 0.1) is 11.8 Å². The molecule has 0 aliphatic carbocycles. The number of nitrogens with one attached hydrogen (secondary N) is 3. The van der Waals surface area contributed by atoms with Crippen LogP contribution in [-0.4, -0.2) is 64.0 Å². The van der Waals surface area contributed by atoms with E-state index in [9.17, 15) is 34.2 Å². The minimum Gasteiger partial charge on any atom is -0.508 e. The molecule has 0 saturated heterocycles. The van der Waals surface area contributed by atoms with Gasteiger partial charge in [-0.3, -0.25) is 19.2 Å². The first-order valence-corrected chi connectivity index (χ1v) is 12.1. The second-order valence-corrected chi connectivity index (χ2v) is 9.93. The molecule has 37 heavy (non-hydrogen) atoms. The van der Waals surface area contributed by atoms with Gasteiger partial charge in [0.05, 0.1) is 12.5 Å². The summed E-state index contributed by atoms with van der Waals surface area (Å²) in [5.41, 5.74) is 11.7. The fourth-order valence-electron chi connectivity index (χ4n) is 3.62. The molecule has 0 unspecified atom stereocenters. The zero-order chi connectivity index (χ0) is 28.3. The normalized spacial score (nSPS) is 14.4. The first-order chi connectivity index (χ1) is 17.2. The van der Waals surface area contributed by atoms with Crippen molar-refractivity contribution in [3.8, 4) is 5.75 Å². The van der Waals surface area contributed by atoms with Crippen molar-refractivity contribution in [1.82, 2.24) is 16.0 Å². The number of rotatable bonds is 15. The van der Waals surface area contributed by atoms with E-state index < -0.39 is 60.2 Å². The fourth-order valence-corrected chi connectivity index (χ4v) is 3.62. The number of carbonyl (C=O) groups excluding carboxylic acids is 4. The number of primary amides is 1. The van der Waals surface area contributed by atoms with Gasteiger partial charge in [-0.25, -0.2) is 4.79 Å². The number of hydrogen-bond acceptors (Lipinski definition) is 7. The number of aromatic hydroxyl groups is 1. The third-order valence-corrected chi connectivity index (χ3v) is 5.43. The molecule has 12 nitrogen and oxygen atoms in total. The lowest BCUT2D eigenvalue weighted by molar-refractivity contribution is -0.142. The highest BCUT2D eigenvalue weighted by atomic mass is 16.4. The summed E-state index contributed by atoms with van der Waals surface area (Å²) < 4.78 is 0. The third kappa shape index (κ3) is 11.7. The van der Waals surface area contributed by atoms with E-state index in [0.717, 1.165) is 0 Å². The molecule has 1 rings (SSSR count). The van der Waals surface area contributed by atoms with Gasteiger partial charge in [-0.2, -0.15) is 0 Å². The number of benzene rings is 1. The van der Waals surface area contributed by atoms with E-state index in [1.165, 1.54) is 24.3 Å². The van der Waals surface area contributed by atoms with E-state index in [0.29, 0.717) is 12.0 Å². The van der Waals surface area contributed by atoms with Gasteiger partial charge in [0.1, 0.15) is 23.9 Å². The molecule has 4 amide bonds. The van der Waals surface area contributed by atoms with Crippen molar-refractivity contribution in [2.45, 2.75) is 77.5 Å². The lowest BCUT2D eigenvalue weighted by atomic mass is 10.0. The predicted molar refractivity (Wildman–Crippen MR) is 136 cm³/mol. The molecule has 0 aliphatic rings. The molecule has 206 valence electrons. The van der Waals surface area contributed by atoms with Crippen LogP contribution in [0.25, 0.3) is 0 Å². The highest BCUT2D eigenvalue weighted by molar-refractivity contribution is 5.96. The van der Waals surface area contributed by atoms with E-state index in [1.807, 2.05) is 27.7 Å². The summed E-state index contributed by atoms with van der Waals surface area (Å²) in [4.78, 5) is 61.9. The molecule has 0 aromatic heterocycles. The summed E-state index contributed by atoms with van der Waals surface area (Å²) >= 11 is 0. The summed E-state index contributed by atoms with van der Waals surface area (Å²) in [6.07, 6.45) is -0.0572. The van der Waals surface area contributed by atoms with Crippen molar-refractivity contribution in [1.29, 1.82) is 0 Å². The summed E-state index contributed by atoms with van der Waals surface area (Å²) in [5, 5.41) is 26.4. The average Bonchev–Trinajstić information content (AvgIpc) is 2.77. The number of carboxylic acid groups (broad SMARTS) is 1. The molecule has 1 aromatic rings. The first kappa shape index (κ1) is 31.4. The van der Waals surface area contributed by atoms with Crippen LogP contribution < -0.4 is 27.4 Å². The maximum absolute atomic E-state index is 13.0. The molecule has 12 heteroatoms. The van der Waals surface area contributed by atoms with Crippen LogP contribution in [0.5, 0.6) is 5.75 Å². The zero-order valence-electron chi connectivity index (χ0n) is 21.7. The summed E-state index contributed by atoms with van der Waals surface area (Å²) in [5.74, 6) is -4.27. The van der Waals surface area contributed by atoms with Crippen LogP contribution in [-0.2, 0) is 30.4 Å². The minimum absolute atomic E-state index is 0.0159. The lowest BCUT2D eigenvalue weighted by Gasteiger charge is -2.26. The Morgan fingerprint density at radius 1 is 0.784 bits per heavy atom. The molecule has 0 bridgehead atoms. The molecule has 9 N–H and O–H groups in total. The van der Waals surface area contributed by atoms with Crippen molar-refractivity contribution in [3.05, 3.63) is 29.8 Å². The van der Waals surface area contributed by atoms with Crippen LogP contribution in [0.15, 0.2) is 24.3 Å². The number of carbonyl (C=O) groups is 5. The lowest BCUT2D eigenvalue weighted by Crippen LogP contribution is -2.58. The Bertz CT molecular complexity index is 949. The van der Waals surface area contributed by atoms with Crippen LogP contribution in [0.3, 0.4) is 0 Å². The van der Waals surface area contributed by atoms with Gasteiger partial charge in [0.25, 0.3) is 0 Å². The smallest absolute Gasteiger partial charge is 0.326 e. The van der Waals surface area contributed by atoms with Crippen molar-refractivity contribution >= 4 is 29.6 Å². The maximum atomic E-state index is 13.0. The number of phenolic OH excluding ortho intramolecular Hbond substituents is 1. The summed E-state index contributed by atoms with van der Waals surface area (Å²) in [6, 6.07) is 1.14. The summed E-state index contributed by atoms with van der Waals surface area (Å²) in [6.45, 7) is 7.38. The van der Waals surface area contributed by atoms with Gasteiger partial charge < -0.3 is 37.6 Å². The monoisotopic (exact) mass is 521 g/mol. The second-order valence-electron chi connectivity index (χ2n) is 9.93. The number of carboxylic acids is 1. The van der Waals surface area contributed by atoms with Crippen molar-refractivity contribution in [2.75, 3.05) is 0 Å². The molecule has 0 saturated carbocycles. The average molecular weight is 522 g/mol. The Hall–Kier alpha value is -3.67. The number of nitrogens with two attached hydrogens (primary N) is 2. The quantitative estimate of drug-likeness (QED) is 0.163. The molecule has 1 aromatic carbocycles. The number of aliphatic carboxylic acids is 1. The van der Waals surface area contributed by atoms with E-state index >= 15 is 0 Å². The molecule has 0 spiro atoms. The fraction of sp³-hybridized carbons (Fsp3) is 0.560. The number of amides is 4. The van der Waals surface area contributed by atoms with Crippen molar-refractivity contribution in [2.24, 2.45) is 23.3 Å². The summed E-state index contributed by atoms with van der Waals surface area (Å²) in [7, 11) is 0. The highest BCUT2D eigenvalue weighted by Gasteiger charge is 2.31. The molecule has 4 atom stereocenters. The van der Waals surface area contributed by atoms with Crippen molar-refractivity contribution < 1.29 is 34.2 Å². The van der Waals surface area contributed by atoms with E-state index in [4.69, 9.17) is 11.5 Å². The van der Waals surface area contributed by atoms with Crippen LogP contribution in [0.2, 0.25) is 0 Å². The van der Waals surface area contributed by atoms with Crippen molar-refractivity contribution in [3.63, 3.8) is 0 Å². The minimum atomic E-state index is -1.36. The van der Waals surface area contributed by atoms with Gasteiger partial charge in [-0.1, -0.05) is 39.8 Å². The first-order valence-electron chi connectivity index (χ1n) is 12.1. The van der Waals surface area contributed by atoms with Crippen LogP contribution in [0.4, 0.5) is 0 Å². The van der Waals surface area contributed by atoms with Gasteiger partial charge in [-0.15, -0.1) is 0 Å². The molecule has 0 fully saturated rings. The highest BCUT2D eigenvalue weighted by Crippen LogP contribution is 2.13. The molecule has 0 aliphatic heterocycles. The molecule has 0 heterocycles. The van der Waals surface area contributed by atoms with Gasteiger partial charge >= 0.3 is 5.97 Å². The van der Waals surface area contributed by atoms with E-state index in [1.54, 1.807) is 0 Å². The predicted octanol–water partition coefficient (Wildman–Crippen LogP) is -0.231. The van der Waals surface area contributed by atoms with Gasteiger partial charge in [0, 0.05) is 6.42 Å². The number of hydrogen-bond donors (Lipinski definition) is 7. The Balaban J connectivity index is 3.02. The van der Waals surface area contributed by atoms with E-state index in [2.05, 4.69) is 16.0 Å². The molecular weight excluding hydrogens is 482 g/mol. The molecule has 0 radical (unpaired) electrons. The standard InChI is InChI=1S/C25H39N5O7/c1-13(2)9-17(26)22(33)28-19(12-21(27)32)24(35)29-18(10-14(3)4)23(34)30-20(25(36)37)11-15-5-7-16(31)8-6-15/h5-8,13-14,17-20,31H,9-12,26H2,1-4H3,(H2,27,32)(H,28,33)(H,29,35)(H,30,34)(H,36,37)/t17-,18-,19-,20-/m0/s1. The SMILES string of the molecule is CC(C)C[C@H](NC(=O)[C@H](CC(N)=O)NC(=O)[C@@H](N)CC(C)C)C(=O)N[C@@H](Cc1ccc(O)cc1)C(=O)O. The van der Waals surface area contributed by atoms with Gasteiger partial charge in [0.15, 0.2) is 0 Å². The number of phenols is 1.